The van der Waals surface area contributed by atoms with E-state index in [0.29, 0.717) is 48.5 Å². The summed E-state index contributed by atoms with van der Waals surface area (Å²) in [5, 5.41) is 0.413. The normalized spacial score (nSPS) is 33.5. The number of nitrogens with one attached hydrogen (secondary N) is 1. The average Bonchev–Trinajstić information content (AvgIpc) is 4.11. The number of carbonyl (C=O) groups is 4. The van der Waals surface area contributed by atoms with Gasteiger partial charge in [0.05, 0.1) is 46.0 Å². The number of benzene rings is 1. The number of sulfonamides is 1. The SMILES string of the molecule is CC(C)(C)[C@@H]1CC(=O)O[C@@H]2C[C@@H]3C[C@@H]3[C@H]2CCCCCn2c(nc3ccccc3c2=O)O[C@@H]2C[C@@H](C(=O)C[C@]3(C(=O)NS(=O)(=O)C4(C)CC4)C[C@H]3C(F)F)N(C2)C1=O. The second-order valence-electron chi connectivity index (χ2n) is 19.2. The maximum atomic E-state index is 14.8. The topological polar surface area (TPSA) is 171 Å². The second-order valence-corrected chi connectivity index (χ2v) is 21.4. The molecule has 1 N–H and O–H groups in total. The van der Waals surface area contributed by atoms with Gasteiger partial charge in [0, 0.05) is 25.3 Å². The van der Waals surface area contributed by atoms with Crippen molar-refractivity contribution in [2.45, 2.75) is 141 Å². The molecule has 6 aliphatic rings. The Balaban J connectivity index is 1.13. The van der Waals surface area contributed by atoms with Gasteiger partial charge in [-0.3, -0.25) is 33.3 Å². The Kier molecular flexibility index (Phi) is 10.3. The summed E-state index contributed by atoms with van der Waals surface area (Å²) < 4.78 is 69.6. The van der Waals surface area contributed by atoms with Crippen LogP contribution in [0.25, 0.3) is 10.9 Å². The van der Waals surface area contributed by atoms with Crippen molar-refractivity contribution in [2.75, 3.05) is 6.54 Å². The molecule has 0 spiro atoms. The third-order valence-corrected chi connectivity index (χ3v) is 16.3. The molecule has 0 radical (unpaired) electrons. The zero-order valence-corrected chi connectivity index (χ0v) is 34.4. The number of nitrogens with zero attached hydrogens (tertiary/aromatic N) is 3. The number of hydrogen-bond acceptors (Lipinski definition) is 10. The number of hydrogen-bond donors (Lipinski definition) is 1. The van der Waals surface area contributed by atoms with Gasteiger partial charge in [-0.15, -0.1) is 0 Å². The van der Waals surface area contributed by atoms with E-state index in [2.05, 4.69) is 0 Å². The lowest BCUT2D eigenvalue weighted by atomic mass is 9.77. The fourth-order valence-electron chi connectivity index (χ4n) is 9.97. The summed E-state index contributed by atoms with van der Waals surface area (Å²) in [6, 6.07) is 5.66. The third-order valence-electron chi connectivity index (χ3n) is 14.2. The van der Waals surface area contributed by atoms with E-state index in [1.54, 1.807) is 24.3 Å². The maximum absolute atomic E-state index is 14.8. The predicted molar refractivity (Wildman–Crippen MR) is 207 cm³/mol. The van der Waals surface area contributed by atoms with Crippen molar-refractivity contribution < 1.29 is 45.9 Å². The number of esters is 1. The summed E-state index contributed by atoms with van der Waals surface area (Å²) in [6.45, 7) is 7.07. The van der Waals surface area contributed by atoms with Gasteiger partial charge in [-0.05, 0) is 87.2 Å². The van der Waals surface area contributed by atoms with E-state index in [0.717, 1.165) is 32.1 Å². The highest BCUT2D eigenvalue weighted by Crippen LogP contribution is 2.60. The second kappa shape index (κ2) is 14.6. The molecule has 1 aromatic heterocycles. The fourth-order valence-corrected chi connectivity index (χ4v) is 11.3. The van der Waals surface area contributed by atoms with Gasteiger partial charge in [-0.2, -0.15) is 4.98 Å². The molecular weight excluding hydrogens is 775 g/mol. The number of rotatable bonds is 7. The van der Waals surface area contributed by atoms with E-state index in [4.69, 9.17) is 14.5 Å². The van der Waals surface area contributed by atoms with Crippen molar-refractivity contribution in [1.29, 1.82) is 0 Å². The van der Waals surface area contributed by atoms with E-state index in [1.165, 1.54) is 16.4 Å². The highest BCUT2D eigenvalue weighted by molar-refractivity contribution is 7.91. The number of ether oxygens (including phenoxy) is 2. The molecule has 4 aliphatic carbocycles. The first kappa shape index (κ1) is 40.8. The van der Waals surface area contributed by atoms with Crippen LogP contribution < -0.4 is 15.0 Å². The van der Waals surface area contributed by atoms with Crippen molar-refractivity contribution in [1.82, 2.24) is 19.2 Å². The number of aromatic nitrogens is 2. The zero-order valence-electron chi connectivity index (χ0n) is 33.6. The van der Waals surface area contributed by atoms with Gasteiger partial charge >= 0.3 is 5.97 Å². The van der Waals surface area contributed by atoms with E-state index in [1.807, 2.05) is 25.5 Å². The number of carbonyl (C=O) groups excluding carboxylic acids is 4. The van der Waals surface area contributed by atoms with Crippen molar-refractivity contribution in [3.05, 3.63) is 34.6 Å². The van der Waals surface area contributed by atoms with Gasteiger partial charge in [0.15, 0.2) is 5.78 Å². The summed E-state index contributed by atoms with van der Waals surface area (Å²) in [5.41, 5.74) is -2.66. The minimum atomic E-state index is -4.20. The summed E-state index contributed by atoms with van der Waals surface area (Å²) in [4.78, 5) is 76.6. The molecular formula is C42H54F2N4O9S. The van der Waals surface area contributed by atoms with E-state index < -0.39 is 92.4 Å². The first-order valence-electron chi connectivity index (χ1n) is 20.9. The Morgan fingerprint density at radius 2 is 1.76 bits per heavy atom. The van der Waals surface area contributed by atoms with Crippen LogP contribution in [0.5, 0.6) is 6.01 Å². The molecule has 1 saturated heterocycles. The Hall–Kier alpha value is -3.95. The number of para-hydroxylation sites is 1. The molecule has 58 heavy (non-hydrogen) atoms. The first-order chi connectivity index (χ1) is 27.3. The minimum absolute atomic E-state index is 0.0255. The highest BCUT2D eigenvalue weighted by atomic mass is 32.2. The van der Waals surface area contributed by atoms with Gasteiger partial charge in [0.2, 0.25) is 28.3 Å². The van der Waals surface area contributed by atoms with Crippen molar-refractivity contribution in [3.8, 4) is 6.01 Å². The molecule has 3 heterocycles. The maximum Gasteiger partial charge on any atom is 0.306 e. The number of alkyl halides is 2. The number of amides is 2. The van der Waals surface area contributed by atoms with Crippen LogP contribution >= 0.6 is 0 Å². The summed E-state index contributed by atoms with van der Waals surface area (Å²) in [6.07, 6.45) is 0.124. The van der Waals surface area contributed by atoms with Crippen LogP contribution in [0.4, 0.5) is 8.78 Å². The Bertz CT molecular complexity index is 2190. The molecule has 2 bridgehead atoms. The molecule has 1 aromatic carbocycles. The van der Waals surface area contributed by atoms with Crippen LogP contribution in [-0.4, -0.2) is 82.4 Å². The number of Topliss-reactive ketones (excluding diaryl/α,β-unsaturated/α-hetero) is 1. The van der Waals surface area contributed by atoms with Crippen LogP contribution in [0.2, 0.25) is 0 Å². The molecule has 8 rings (SSSR count). The molecule has 9 atom stereocenters. The van der Waals surface area contributed by atoms with Crippen molar-refractivity contribution in [2.24, 2.45) is 40.4 Å². The van der Waals surface area contributed by atoms with Crippen LogP contribution in [-0.2, 0) is 40.5 Å². The lowest BCUT2D eigenvalue weighted by Crippen LogP contribution is -2.49. The minimum Gasteiger partial charge on any atom is -0.462 e. The van der Waals surface area contributed by atoms with Gasteiger partial charge in [-0.25, -0.2) is 17.2 Å². The largest absolute Gasteiger partial charge is 0.462 e. The van der Waals surface area contributed by atoms with Crippen LogP contribution in [0, 0.1) is 40.4 Å². The Morgan fingerprint density at radius 1 is 1.02 bits per heavy atom. The number of halogens is 2. The van der Waals surface area contributed by atoms with Gasteiger partial charge in [0.1, 0.15) is 12.2 Å². The monoisotopic (exact) mass is 828 g/mol. The number of fused-ring (bicyclic) bond motifs is 7. The van der Waals surface area contributed by atoms with E-state index in [-0.39, 0.29) is 43.0 Å². The molecule has 2 aromatic rings. The molecule has 16 heteroatoms. The summed E-state index contributed by atoms with van der Waals surface area (Å²) in [7, 11) is -4.20. The first-order valence-corrected chi connectivity index (χ1v) is 22.3. The predicted octanol–water partition coefficient (Wildman–Crippen LogP) is 5.17. The molecule has 5 fully saturated rings. The summed E-state index contributed by atoms with van der Waals surface area (Å²) >= 11 is 0. The van der Waals surface area contributed by atoms with Crippen LogP contribution in [0.1, 0.15) is 105 Å². The third kappa shape index (κ3) is 7.55. The van der Waals surface area contributed by atoms with Crippen LogP contribution in [0.3, 0.4) is 0 Å². The lowest BCUT2D eigenvalue weighted by molar-refractivity contribution is -0.158. The van der Waals surface area contributed by atoms with Crippen molar-refractivity contribution >= 4 is 44.5 Å². The van der Waals surface area contributed by atoms with Crippen LogP contribution in [0.15, 0.2) is 29.1 Å². The lowest BCUT2D eigenvalue weighted by Gasteiger charge is -2.35. The summed E-state index contributed by atoms with van der Waals surface area (Å²) in [5.74, 6) is -4.15. The van der Waals surface area contributed by atoms with Crippen molar-refractivity contribution in [3.63, 3.8) is 0 Å². The zero-order chi connectivity index (χ0) is 41.5. The molecule has 13 nitrogen and oxygen atoms in total. The Labute approximate surface area is 337 Å². The standard InChI is InChI=1S/C42H54F2N4O9S/c1-40(2,3)28-19-34(50)57-33-17-23-16-27(23)25(33)10-6-5-9-15-47-36(51)26-11-7-8-12-30(26)45-39(47)56-24-18-31(48(22-24)37(28)52)32(49)21-42(20-29(42)35(43)44)38(53)46-58(54,55)41(4)13-14-41/h7-8,11-12,23-25,27-29,31,33,35H,5-6,9-10,13-22H2,1-4H3,(H,46,53)/t23-,24+,25+,27-,28+,29-,31-,33+,42+/m0/s1. The van der Waals surface area contributed by atoms with Gasteiger partial charge in [-0.1, -0.05) is 45.7 Å². The highest BCUT2D eigenvalue weighted by Gasteiger charge is 2.67. The van der Waals surface area contributed by atoms with E-state index >= 15 is 0 Å². The number of ketones is 1. The molecule has 316 valence electrons. The van der Waals surface area contributed by atoms with Gasteiger partial charge < -0.3 is 14.4 Å². The average molecular weight is 829 g/mol. The Morgan fingerprint density at radius 3 is 2.45 bits per heavy atom. The van der Waals surface area contributed by atoms with Gasteiger partial charge in [0.25, 0.3) is 11.6 Å². The smallest absolute Gasteiger partial charge is 0.306 e. The fraction of sp³-hybridized carbons (Fsp3) is 0.714. The molecule has 0 unspecified atom stereocenters. The molecule has 4 saturated carbocycles. The molecule has 2 amide bonds. The molecule has 2 aliphatic heterocycles. The van der Waals surface area contributed by atoms with E-state index in [9.17, 15) is 41.2 Å². The quantitative estimate of drug-likeness (QED) is 0.368.